The molecule has 128 valence electrons. The van der Waals surface area contributed by atoms with Crippen LogP contribution in [0.2, 0.25) is 10.0 Å². The van der Waals surface area contributed by atoms with Crippen molar-refractivity contribution >= 4 is 61.5 Å². The maximum Gasteiger partial charge on any atom is 0.311 e. The van der Waals surface area contributed by atoms with Crippen molar-refractivity contribution in [3.8, 4) is 5.75 Å². The lowest BCUT2D eigenvalue weighted by Gasteiger charge is -2.04. The van der Waals surface area contributed by atoms with Crippen LogP contribution in [-0.2, 0) is 0 Å². The smallest absolute Gasteiger partial charge is 0.311 e. The fourth-order valence-corrected chi connectivity index (χ4v) is 3.42. The number of nitro groups is 1. The van der Waals surface area contributed by atoms with E-state index in [4.69, 9.17) is 27.9 Å². The Balaban J connectivity index is 1.91. The van der Waals surface area contributed by atoms with Crippen LogP contribution in [-0.4, -0.2) is 22.9 Å². The second-order valence-electron chi connectivity index (χ2n) is 4.82. The molecule has 10 heteroatoms. The second-order valence-corrected chi connectivity index (χ2v) is 6.64. The van der Waals surface area contributed by atoms with Crippen molar-refractivity contribution in [1.82, 2.24) is 4.98 Å². The van der Waals surface area contributed by atoms with E-state index in [0.717, 1.165) is 10.8 Å². The van der Waals surface area contributed by atoms with Gasteiger partial charge in [-0.25, -0.2) is 4.98 Å². The monoisotopic (exact) mass is 397 g/mol. The minimum Gasteiger partial charge on any atom is -0.490 e. The van der Waals surface area contributed by atoms with E-state index in [2.05, 4.69) is 10.3 Å². The molecule has 0 spiro atoms. The maximum absolute atomic E-state index is 12.4. The number of nitrogens with one attached hydrogen (secondary N) is 1. The number of nitrogens with zero attached hydrogens (tertiary/aromatic N) is 2. The molecule has 1 aromatic heterocycles. The molecule has 0 saturated heterocycles. The molecule has 0 fully saturated rings. The zero-order chi connectivity index (χ0) is 18.1. The molecule has 1 heterocycles. The highest BCUT2D eigenvalue weighted by molar-refractivity contribution is 7.22. The summed E-state index contributed by atoms with van der Waals surface area (Å²) in [6, 6.07) is 7.32. The number of rotatable bonds is 4. The van der Waals surface area contributed by atoms with Gasteiger partial charge < -0.3 is 4.74 Å². The van der Waals surface area contributed by atoms with Crippen molar-refractivity contribution in [2.45, 2.75) is 0 Å². The molecule has 0 atom stereocenters. The predicted molar refractivity (Wildman–Crippen MR) is 97.2 cm³/mol. The van der Waals surface area contributed by atoms with Crippen LogP contribution >= 0.6 is 34.5 Å². The average Bonchev–Trinajstić information content (AvgIpc) is 3.00. The van der Waals surface area contributed by atoms with E-state index in [1.54, 1.807) is 12.1 Å². The van der Waals surface area contributed by atoms with Gasteiger partial charge in [0.25, 0.3) is 5.91 Å². The van der Waals surface area contributed by atoms with Gasteiger partial charge >= 0.3 is 5.69 Å². The van der Waals surface area contributed by atoms with E-state index in [1.165, 1.54) is 30.6 Å². The number of benzene rings is 2. The molecule has 2 aromatic carbocycles. The Morgan fingerprint density at radius 1 is 1.32 bits per heavy atom. The quantitative estimate of drug-likeness (QED) is 0.505. The molecule has 0 bridgehead atoms. The van der Waals surface area contributed by atoms with Gasteiger partial charge in [-0.05, 0) is 24.3 Å². The summed E-state index contributed by atoms with van der Waals surface area (Å²) in [5, 5.41) is 14.6. The van der Waals surface area contributed by atoms with Gasteiger partial charge in [-0.1, -0.05) is 34.5 Å². The number of carbonyl (C=O) groups is 1. The summed E-state index contributed by atoms with van der Waals surface area (Å²) in [6.45, 7) is 0. The lowest BCUT2D eigenvalue weighted by atomic mass is 10.2. The number of thiazole rings is 1. The van der Waals surface area contributed by atoms with Gasteiger partial charge in [-0.3, -0.25) is 20.2 Å². The Hall–Kier alpha value is -2.42. The largest absolute Gasteiger partial charge is 0.490 e. The standard InChI is InChI=1S/C15H9Cl2N3O4S/c1-24-10-4-2-7(6-9(10)20(22)23)14(21)19-15-18-13-11(25-15)5-3-8(16)12(13)17/h2-6H,1H3,(H,18,19,21). The third-order valence-corrected chi connectivity index (χ3v) is 5.04. The molecular weight excluding hydrogens is 389 g/mol. The molecule has 0 radical (unpaired) electrons. The number of anilines is 1. The van der Waals surface area contributed by atoms with Crippen LogP contribution in [0.3, 0.4) is 0 Å². The number of hydrogen-bond acceptors (Lipinski definition) is 6. The zero-order valence-electron chi connectivity index (χ0n) is 12.6. The van der Waals surface area contributed by atoms with Crippen molar-refractivity contribution in [1.29, 1.82) is 0 Å². The molecule has 25 heavy (non-hydrogen) atoms. The second kappa shape index (κ2) is 6.83. The summed E-state index contributed by atoms with van der Waals surface area (Å²) in [5.74, 6) is -0.463. The minimum atomic E-state index is -0.616. The van der Waals surface area contributed by atoms with Crippen molar-refractivity contribution < 1.29 is 14.5 Å². The molecule has 0 aliphatic rings. The van der Waals surface area contributed by atoms with Crippen molar-refractivity contribution in [3.63, 3.8) is 0 Å². The van der Waals surface area contributed by atoms with Crippen molar-refractivity contribution in [2.75, 3.05) is 12.4 Å². The Kier molecular flexibility index (Phi) is 4.76. The van der Waals surface area contributed by atoms with Crippen LogP contribution in [0.15, 0.2) is 30.3 Å². The van der Waals surface area contributed by atoms with Gasteiger partial charge in [0.1, 0.15) is 5.52 Å². The summed E-state index contributed by atoms with van der Waals surface area (Å²) in [6.07, 6.45) is 0. The topological polar surface area (TPSA) is 94.4 Å². The van der Waals surface area contributed by atoms with Crippen molar-refractivity contribution in [2.24, 2.45) is 0 Å². The van der Waals surface area contributed by atoms with Gasteiger partial charge in [0, 0.05) is 11.6 Å². The fourth-order valence-electron chi connectivity index (χ4n) is 2.13. The summed E-state index contributed by atoms with van der Waals surface area (Å²) < 4.78 is 5.67. The van der Waals surface area contributed by atoms with E-state index < -0.39 is 10.8 Å². The Morgan fingerprint density at radius 3 is 2.76 bits per heavy atom. The molecular formula is C15H9Cl2N3O4S. The van der Waals surface area contributed by atoms with Crippen LogP contribution in [0.1, 0.15) is 10.4 Å². The SMILES string of the molecule is COc1ccc(C(=O)Nc2nc3c(Cl)c(Cl)ccc3s2)cc1[N+](=O)[O-]. The first-order valence-corrected chi connectivity index (χ1v) is 8.36. The van der Waals surface area contributed by atoms with Crippen LogP contribution in [0, 0.1) is 10.1 Å². The number of fused-ring (bicyclic) bond motifs is 1. The lowest BCUT2D eigenvalue weighted by molar-refractivity contribution is -0.385. The highest BCUT2D eigenvalue weighted by atomic mass is 35.5. The third-order valence-electron chi connectivity index (χ3n) is 3.31. The van der Waals surface area contributed by atoms with Crippen molar-refractivity contribution in [3.05, 3.63) is 56.1 Å². The molecule has 0 aliphatic heterocycles. The number of aromatic nitrogens is 1. The number of carbonyl (C=O) groups excluding carboxylic acids is 1. The van der Waals surface area contributed by atoms with Crippen LogP contribution in [0.4, 0.5) is 10.8 Å². The first-order valence-electron chi connectivity index (χ1n) is 6.79. The van der Waals surface area contributed by atoms with E-state index in [0.29, 0.717) is 20.7 Å². The summed E-state index contributed by atoms with van der Waals surface area (Å²) >= 11 is 13.3. The molecule has 0 unspecified atom stereocenters. The molecule has 7 nitrogen and oxygen atoms in total. The number of methoxy groups -OCH3 is 1. The van der Waals surface area contributed by atoms with E-state index in [1.807, 2.05) is 0 Å². The van der Waals surface area contributed by atoms with E-state index in [9.17, 15) is 14.9 Å². The van der Waals surface area contributed by atoms with E-state index in [-0.39, 0.29) is 17.0 Å². The molecule has 3 rings (SSSR count). The fraction of sp³-hybridized carbons (Fsp3) is 0.0667. The van der Waals surface area contributed by atoms with Gasteiger partial charge in [-0.2, -0.15) is 0 Å². The van der Waals surface area contributed by atoms with E-state index >= 15 is 0 Å². The third kappa shape index (κ3) is 3.37. The summed E-state index contributed by atoms with van der Waals surface area (Å²) in [7, 11) is 1.32. The first kappa shape index (κ1) is 17.4. The highest BCUT2D eigenvalue weighted by Crippen LogP contribution is 2.35. The van der Waals surface area contributed by atoms with Crippen LogP contribution < -0.4 is 10.1 Å². The van der Waals surface area contributed by atoms with Crippen LogP contribution in [0.25, 0.3) is 10.2 Å². The summed E-state index contributed by atoms with van der Waals surface area (Å²) in [5.41, 5.74) is 0.292. The first-order chi connectivity index (χ1) is 11.9. The zero-order valence-corrected chi connectivity index (χ0v) is 14.9. The van der Waals surface area contributed by atoms with Crippen LogP contribution in [0.5, 0.6) is 5.75 Å². The maximum atomic E-state index is 12.4. The molecule has 0 aliphatic carbocycles. The van der Waals surface area contributed by atoms with Gasteiger partial charge in [0.15, 0.2) is 10.9 Å². The van der Waals surface area contributed by atoms with Gasteiger partial charge in [0.2, 0.25) is 0 Å². The lowest BCUT2D eigenvalue weighted by Crippen LogP contribution is -2.12. The van der Waals surface area contributed by atoms with Gasteiger partial charge in [0.05, 0.1) is 26.8 Å². The number of nitro benzene ring substituents is 1. The summed E-state index contributed by atoms with van der Waals surface area (Å²) in [4.78, 5) is 27.0. The molecule has 3 aromatic rings. The molecule has 1 N–H and O–H groups in total. The average molecular weight is 398 g/mol. The normalized spacial score (nSPS) is 10.7. The highest BCUT2D eigenvalue weighted by Gasteiger charge is 2.19. The Morgan fingerprint density at radius 2 is 2.08 bits per heavy atom. The number of amides is 1. The predicted octanol–water partition coefficient (Wildman–Crippen LogP) is 4.77. The number of ether oxygens (including phenoxy) is 1. The number of halogens is 2. The molecule has 1 amide bonds. The Bertz CT molecular complexity index is 1010. The van der Waals surface area contributed by atoms with Gasteiger partial charge in [-0.15, -0.1) is 0 Å². The number of hydrogen-bond donors (Lipinski definition) is 1. The molecule has 0 saturated carbocycles. The Labute approximate surface area is 155 Å². The minimum absolute atomic E-state index is 0.0722.